The van der Waals surface area contributed by atoms with Crippen molar-refractivity contribution in [3.63, 3.8) is 0 Å². The Morgan fingerprint density at radius 3 is 2.42 bits per heavy atom. The van der Waals surface area contributed by atoms with Crippen molar-refractivity contribution in [1.82, 2.24) is 9.55 Å². The van der Waals surface area contributed by atoms with Gasteiger partial charge in [0.15, 0.2) is 5.16 Å². The fourth-order valence-corrected chi connectivity index (χ4v) is 5.52. The number of thioether (sulfide) groups is 1. The van der Waals surface area contributed by atoms with E-state index in [-0.39, 0.29) is 17.2 Å². The Hall–Kier alpha value is -2.90. The molecule has 0 fully saturated rings. The topological polar surface area (TPSA) is 64.0 Å². The van der Waals surface area contributed by atoms with E-state index >= 15 is 0 Å². The van der Waals surface area contributed by atoms with Gasteiger partial charge in [-0.3, -0.25) is 14.2 Å². The summed E-state index contributed by atoms with van der Waals surface area (Å²) in [5, 5.41) is 5.46. The minimum atomic E-state index is -0.118. The first-order valence-electron chi connectivity index (χ1n) is 10.8. The maximum absolute atomic E-state index is 13.2. The molecule has 0 unspecified atom stereocenters. The summed E-state index contributed by atoms with van der Waals surface area (Å²) >= 11 is 2.69. The van der Waals surface area contributed by atoms with Crippen LogP contribution in [-0.2, 0) is 11.3 Å². The molecule has 2 heterocycles. The van der Waals surface area contributed by atoms with Crippen LogP contribution in [0, 0.1) is 34.6 Å². The summed E-state index contributed by atoms with van der Waals surface area (Å²) in [4.78, 5) is 30.7. The number of thiophene rings is 1. The van der Waals surface area contributed by atoms with Gasteiger partial charge >= 0.3 is 0 Å². The summed E-state index contributed by atoms with van der Waals surface area (Å²) in [6.07, 6.45) is 0. The number of fused-ring (bicyclic) bond motifs is 1. The Kier molecular flexibility index (Phi) is 6.72. The molecule has 0 radical (unpaired) electrons. The highest BCUT2D eigenvalue weighted by Crippen LogP contribution is 2.25. The van der Waals surface area contributed by atoms with E-state index in [1.807, 2.05) is 38.3 Å². The summed E-state index contributed by atoms with van der Waals surface area (Å²) in [6.45, 7) is 10.6. The van der Waals surface area contributed by atoms with Crippen LogP contribution in [0.3, 0.4) is 0 Å². The molecular formula is C26H27N3O2S2. The minimum Gasteiger partial charge on any atom is -0.325 e. The largest absolute Gasteiger partial charge is 0.325 e. The highest BCUT2D eigenvalue weighted by Gasteiger charge is 2.16. The molecule has 0 aliphatic rings. The van der Waals surface area contributed by atoms with Gasteiger partial charge in [-0.1, -0.05) is 47.7 Å². The molecular weight excluding hydrogens is 450 g/mol. The summed E-state index contributed by atoms with van der Waals surface area (Å²) in [7, 11) is 0. The van der Waals surface area contributed by atoms with Gasteiger partial charge in [0.1, 0.15) is 4.70 Å². The lowest BCUT2D eigenvalue weighted by atomic mass is 10.1. The highest BCUT2D eigenvalue weighted by atomic mass is 32.2. The number of carbonyl (C=O) groups excluding carboxylic acids is 1. The van der Waals surface area contributed by atoms with Gasteiger partial charge in [-0.2, -0.15) is 0 Å². The van der Waals surface area contributed by atoms with E-state index in [0.29, 0.717) is 21.9 Å². The minimum absolute atomic E-state index is 0.0682. The normalized spacial score (nSPS) is 11.2. The third kappa shape index (κ3) is 5.04. The summed E-state index contributed by atoms with van der Waals surface area (Å²) in [6, 6.07) is 12.2. The number of amides is 1. The molecule has 0 aliphatic heterocycles. The molecule has 0 spiro atoms. The Balaban J connectivity index is 1.60. The molecule has 33 heavy (non-hydrogen) atoms. The van der Waals surface area contributed by atoms with Crippen molar-refractivity contribution in [3.05, 3.63) is 85.5 Å². The smallest absolute Gasteiger partial charge is 0.272 e. The predicted molar refractivity (Wildman–Crippen MR) is 139 cm³/mol. The van der Waals surface area contributed by atoms with Gasteiger partial charge in [0, 0.05) is 5.69 Å². The maximum Gasteiger partial charge on any atom is 0.272 e. The van der Waals surface area contributed by atoms with Crippen molar-refractivity contribution in [2.75, 3.05) is 11.1 Å². The Labute approximate surface area is 201 Å². The zero-order chi connectivity index (χ0) is 23.7. The number of hydrogen-bond acceptors (Lipinski definition) is 5. The number of nitrogens with zero attached hydrogens (tertiary/aromatic N) is 2. The lowest BCUT2D eigenvalue weighted by Gasteiger charge is -2.14. The SMILES string of the molecule is Cc1cc(C)c(NC(=O)CSc2nc3ccsc3c(=O)n2Cc2ccc(C)c(C)c2)c(C)c1. The summed E-state index contributed by atoms with van der Waals surface area (Å²) in [5.74, 6) is 0.0503. The van der Waals surface area contributed by atoms with E-state index in [1.165, 1.54) is 39.8 Å². The third-order valence-corrected chi connectivity index (χ3v) is 7.58. The zero-order valence-corrected chi connectivity index (χ0v) is 21.1. The molecule has 1 amide bonds. The van der Waals surface area contributed by atoms with Gasteiger partial charge in [-0.05, 0) is 73.9 Å². The second-order valence-electron chi connectivity index (χ2n) is 8.45. The van der Waals surface area contributed by atoms with Crippen molar-refractivity contribution >= 4 is 44.9 Å². The summed E-state index contributed by atoms with van der Waals surface area (Å²) in [5.41, 5.74) is 8.13. The monoisotopic (exact) mass is 477 g/mol. The van der Waals surface area contributed by atoms with Crippen LogP contribution in [-0.4, -0.2) is 21.2 Å². The van der Waals surface area contributed by atoms with Crippen LogP contribution in [0.4, 0.5) is 5.69 Å². The molecule has 1 N–H and O–H groups in total. The van der Waals surface area contributed by atoms with Gasteiger partial charge in [0.05, 0.1) is 17.8 Å². The molecule has 0 saturated heterocycles. The third-order valence-electron chi connectivity index (χ3n) is 5.72. The second kappa shape index (κ2) is 9.53. The number of nitrogens with one attached hydrogen (secondary N) is 1. The van der Waals surface area contributed by atoms with Gasteiger partial charge in [-0.25, -0.2) is 4.98 Å². The number of rotatable bonds is 6. The maximum atomic E-state index is 13.2. The molecule has 0 aliphatic carbocycles. The van der Waals surface area contributed by atoms with E-state index < -0.39 is 0 Å². The van der Waals surface area contributed by atoms with Crippen molar-refractivity contribution < 1.29 is 4.79 Å². The van der Waals surface area contributed by atoms with Crippen molar-refractivity contribution in [3.8, 4) is 0 Å². The van der Waals surface area contributed by atoms with Crippen LogP contribution in [0.5, 0.6) is 0 Å². The van der Waals surface area contributed by atoms with Gasteiger partial charge in [0.2, 0.25) is 5.91 Å². The molecule has 5 nitrogen and oxygen atoms in total. The average Bonchev–Trinajstić information content (AvgIpc) is 3.23. The van der Waals surface area contributed by atoms with E-state index in [4.69, 9.17) is 4.98 Å². The number of hydrogen-bond donors (Lipinski definition) is 1. The number of aromatic nitrogens is 2. The van der Waals surface area contributed by atoms with E-state index in [1.54, 1.807) is 4.57 Å². The molecule has 7 heteroatoms. The standard InChI is InChI=1S/C26H27N3O2S2/c1-15-10-18(4)23(19(5)11-15)28-22(30)14-33-26-27-21-8-9-32-24(21)25(31)29(26)13-20-7-6-16(2)17(3)12-20/h6-12H,13-14H2,1-5H3,(H,28,30). The van der Waals surface area contributed by atoms with Crippen molar-refractivity contribution in [1.29, 1.82) is 0 Å². The van der Waals surface area contributed by atoms with E-state index in [9.17, 15) is 9.59 Å². The van der Waals surface area contributed by atoms with Crippen LogP contribution in [0.1, 0.15) is 33.4 Å². The van der Waals surface area contributed by atoms with Crippen LogP contribution < -0.4 is 10.9 Å². The molecule has 0 saturated carbocycles. The molecule has 2 aromatic heterocycles. The Morgan fingerprint density at radius 1 is 1.00 bits per heavy atom. The van der Waals surface area contributed by atoms with Gasteiger partial charge < -0.3 is 5.32 Å². The summed E-state index contributed by atoms with van der Waals surface area (Å²) < 4.78 is 2.32. The fraction of sp³-hybridized carbons (Fsp3) is 0.269. The molecule has 4 rings (SSSR count). The number of benzene rings is 2. The first-order valence-corrected chi connectivity index (χ1v) is 12.6. The number of anilines is 1. The first-order chi connectivity index (χ1) is 15.7. The van der Waals surface area contributed by atoms with Crippen LogP contribution >= 0.6 is 23.1 Å². The number of aryl methyl sites for hydroxylation is 5. The first kappa shape index (κ1) is 23.3. The zero-order valence-electron chi connectivity index (χ0n) is 19.5. The molecule has 170 valence electrons. The Morgan fingerprint density at radius 2 is 1.73 bits per heavy atom. The van der Waals surface area contributed by atoms with Crippen molar-refractivity contribution in [2.45, 2.75) is 46.3 Å². The van der Waals surface area contributed by atoms with E-state index in [2.05, 4.69) is 43.4 Å². The Bertz CT molecular complexity index is 1400. The molecule has 0 atom stereocenters. The van der Waals surface area contributed by atoms with Gasteiger partial charge in [0.25, 0.3) is 5.56 Å². The fourth-order valence-electron chi connectivity index (χ4n) is 3.94. The lowest BCUT2D eigenvalue weighted by Crippen LogP contribution is -2.24. The quantitative estimate of drug-likeness (QED) is 0.282. The number of carbonyl (C=O) groups is 1. The molecule has 2 aromatic carbocycles. The van der Waals surface area contributed by atoms with Crippen LogP contribution in [0.15, 0.2) is 51.7 Å². The lowest BCUT2D eigenvalue weighted by molar-refractivity contribution is -0.113. The van der Waals surface area contributed by atoms with Crippen LogP contribution in [0.2, 0.25) is 0 Å². The second-order valence-corrected chi connectivity index (χ2v) is 10.3. The predicted octanol–water partition coefficient (Wildman–Crippen LogP) is 5.78. The van der Waals surface area contributed by atoms with Crippen molar-refractivity contribution in [2.24, 2.45) is 0 Å². The molecule has 4 aromatic rings. The average molecular weight is 478 g/mol. The van der Waals surface area contributed by atoms with E-state index in [0.717, 1.165) is 22.4 Å². The highest BCUT2D eigenvalue weighted by molar-refractivity contribution is 7.99. The van der Waals surface area contributed by atoms with Crippen LogP contribution in [0.25, 0.3) is 10.2 Å². The van der Waals surface area contributed by atoms with Gasteiger partial charge in [-0.15, -0.1) is 11.3 Å². The molecule has 0 bridgehead atoms.